The quantitative estimate of drug-likeness (QED) is 0.494. The van der Waals surface area contributed by atoms with Crippen LogP contribution in [0.1, 0.15) is 12.8 Å². The van der Waals surface area contributed by atoms with Crippen molar-refractivity contribution in [3.05, 3.63) is 23.8 Å². The van der Waals surface area contributed by atoms with Crippen LogP contribution < -0.4 is 0 Å². The fourth-order valence-corrected chi connectivity index (χ4v) is 0.860. The van der Waals surface area contributed by atoms with E-state index in [0.29, 0.717) is 0 Å². The number of aliphatic hydroxyl groups excluding tert-OH is 1. The summed E-state index contributed by atoms with van der Waals surface area (Å²) in [5.74, 6) is 5.50. The zero-order chi connectivity index (χ0) is 7.23. The average Bonchev–Trinajstić information content (AvgIpc) is 2.03. The molecular formula is C9H10O. The standard InChI is InChI=1S/C9H10O/c10-8-4-7-9-5-2-1-3-6-9/h1-2,5,10H,3,6,8H2. The predicted octanol–water partition coefficient (Wildman–Crippen LogP) is 1.26. The van der Waals surface area contributed by atoms with Gasteiger partial charge in [0, 0.05) is 5.57 Å². The summed E-state index contributed by atoms with van der Waals surface area (Å²) in [6.45, 7) is -0.0406. The van der Waals surface area contributed by atoms with E-state index in [0.717, 1.165) is 18.4 Å². The van der Waals surface area contributed by atoms with Crippen molar-refractivity contribution in [3.8, 4) is 11.8 Å². The second-order valence-electron chi connectivity index (χ2n) is 2.12. The van der Waals surface area contributed by atoms with Gasteiger partial charge in [-0.1, -0.05) is 30.1 Å². The molecule has 0 radical (unpaired) electrons. The van der Waals surface area contributed by atoms with Gasteiger partial charge in [-0.25, -0.2) is 0 Å². The SMILES string of the molecule is OCC#CC1=CC=CCC1. The lowest BCUT2D eigenvalue weighted by atomic mass is 10.1. The number of rotatable bonds is 0. The van der Waals surface area contributed by atoms with Crippen molar-refractivity contribution < 1.29 is 5.11 Å². The first-order valence-electron chi connectivity index (χ1n) is 3.39. The van der Waals surface area contributed by atoms with E-state index in [1.807, 2.05) is 12.2 Å². The van der Waals surface area contributed by atoms with E-state index in [9.17, 15) is 0 Å². The molecule has 1 rings (SSSR count). The van der Waals surface area contributed by atoms with Crippen molar-refractivity contribution in [2.45, 2.75) is 12.8 Å². The second kappa shape index (κ2) is 3.92. The molecule has 1 aliphatic rings. The average molecular weight is 134 g/mol. The Kier molecular flexibility index (Phi) is 2.79. The minimum Gasteiger partial charge on any atom is -0.384 e. The summed E-state index contributed by atoms with van der Waals surface area (Å²) < 4.78 is 0. The number of hydrogen-bond donors (Lipinski definition) is 1. The number of allylic oxidation sites excluding steroid dienone is 4. The highest BCUT2D eigenvalue weighted by molar-refractivity contribution is 5.34. The van der Waals surface area contributed by atoms with Crippen LogP contribution in [-0.4, -0.2) is 11.7 Å². The van der Waals surface area contributed by atoms with Crippen LogP contribution >= 0.6 is 0 Å². The van der Waals surface area contributed by atoms with Crippen molar-refractivity contribution in [1.29, 1.82) is 0 Å². The van der Waals surface area contributed by atoms with Crippen molar-refractivity contribution in [2.24, 2.45) is 0 Å². The van der Waals surface area contributed by atoms with E-state index >= 15 is 0 Å². The maximum Gasteiger partial charge on any atom is 0.104 e. The molecule has 0 aromatic heterocycles. The highest BCUT2D eigenvalue weighted by atomic mass is 16.2. The smallest absolute Gasteiger partial charge is 0.104 e. The normalized spacial score (nSPS) is 15.5. The molecule has 0 spiro atoms. The van der Waals surface area contributed by atoms with Gasteiger partial charge < -0.3 is 5.11 Å². The van der Waals surface area contributed by atoms with Crippen LogP contribution in [0.3, 0.4) is 0 Å². The Hall–Kier alpha value is -1.00. The van der Waals surface area contributed by atoms with Gasteiger partial charge in [-0.3, -0.25) is 0 Å². The molecule has 10 heavy (non-hydrogen) atoms. The van der Waals surface area contributed by atoms with Crippen molar-refractivity contribution in [2.75, 3.05) is 6.61 Å². The Morgan fingerprint density at radius 3 is 3.10 bits per heavy atom. The minimum absolute atomic E-state index is 0.0406. The molecule has 52 valence electrons. The molecule has 0 saturated heterocycles. The molecule has 0 unspecified atom stereocenters. The Bertz CT molecular complexity index is 213. The minimum atomic E-state index is -0.0406. The van der Waals surface area contributed by atoms with Gasteiger partial charge in [-0.15, -0.1) is 0 Å². The monoisotopic (exact) mass is 134 g/mol. The van der Waals surface area contributed by atoms with Crippen molar-refractivity contribution in [3.63, 3.8) is 0 Å². The van der Waals surface area contributed by atoms with Crippen LogP contribution in [-0.2, 0) is 0 Å². The van der Waals surface area contributed by atoms with Crippen molar-refractivity contribution in [1.82, 2.24) is 0 Å². The van der Waals surface area contributed by atoms with Crippen molar-refractivity contribution >= 4 is 0 Å². The van der Waals surface area contributed by atoms with Crippen LogP contribution in [0.4, 0.5) is 0 Å². The Labute approximate surface area is 61.1 Å². The van der Waals surface area contributed by atoms with Gasteiger partial charge >= 0.3 is 0 Å². The lowest BCUT2D eigenvalue weighted by Gasteiger charge is -1.98. The van der Waals surface area contributed by atoms with Crippen LogP contribution in [0.25, 0.3) is 0 Å². The number of aliphatic hydroxyl groups is 1. The van der Waals surface area contributed by atoms with Gasteiger partial charge in [0.05, 0.1) is 0 Å². The topological polar surface area (TPSA) is 20.2 Å². The third kappa shape index (κ3) is 2.08. The molecule has 1 heteroatoms. The third-order valence-corrected chi connectivity index (χ3v) is 1.34. The van der Waals surface area contributed by atoms with Gasteiger partial charge in [0.2, 0.25) is 0 Å². The van der Waals surface area contributed by atoms with Gasteiger partial charge in [0.1, 0.15) is 6.61 Å². The molecule has 0 heterocycles. The van der Waals surface area contributed by atoms with E-state index in [-0.39, 0.29) is 6.61 Å². The lowest BCUT2D eigenvalue weighted by molar-refractivity contribution is 0.350. The zero-order valence-electron chi connectivity index (χ0n) is 5.80. The summed E-state index contributed by atoms with van der Waals surface area (Å²) in [5, 5.41) is 8.38. The summed E-state index contributed by atoms with van der Waals surface area (Å²) in [5.41, 5.74) is 1.12. The first-order chi connectivity index (χ1) is 4.93. The Morgan fingerprint density at radius 1 is 1.60 bits per heavy atom. The van der Waals surface area contributed by atoms with E-state index in [1.54, 1.807) is 0 Å². The summed E-state index contributed by atoms with van der Waals surface area (Å²) in [4.78, 5) is 0. The maximum absolute atomic E-state index is 8.38. The zero-order valence-corrected chi connectivity index (χ0v) is 5.80. The first-order valence-corrected chi connectivity index (χ1v) is 3.39. The largest absolute Gasteiger partial charge is 0.384 e. The maximum atomic E-state index is 8.38. The van der Waals surface area contributed by atoms with Gasteiger partial charge in [0.25, 0.3) is 0 Å². The summed E-state index contributed by atoms with van der Waals surface area (Å²) in [6, 6.07) is 0. The van der Waals surface area contributed by atoms with Crippen LogP contribution in [0.2, 0.25) is 0 Å². The first kappa shape index (κ1) is 7.11. The molecule has 0 amide bonds. The summed E-state index contributed by atoms with van der Waals surface area (Å²) >= 11 is 0. The molecule has 0 saturated carbocycles. The Morgan fingerprint density at radius 2 is 2.50 bits per heavy atom. The predicted molar refractivity (Wildman–Crippen MR) is 41.3 cm³/mol. The van der Waals surface area contributed by atoms with Crippen LogP contribution in [0.5, 0.6) is 0 Å². The van der Waals surface area contributed by atoms with E-state index in [1.165, 1.54) is 0 Å². The van der Waals surface area contributed by atoms with Gasteiger partial charge in [0.15, 0.2) is 0 Å². The van der Waals surface area contributed by atoms with E-state index in [2.05, 4.69) is 17.9 Å². The van der Waals surface area contributed by atoms with E-state index in [4.69, 9.17) is 5.11 Å². The fraction of sp³-hybridized carbons (Fsp3) is 0.333. The molecule has 0 aliphatic heterocycles. The van der Waals surface area contributed by atoms with Crippen LogP contribution in [0, 0.1) is 11.8 Å². The second-order valence-corrected chi connectivity index (χ2v) is 2.12. The van der Waals surface area contributed by atoms with Gasteiger partial charge in [-0.05, 0) is 12.8 Å². The fourth-order valence-electron chi connectivity index (χ4n) is 0.860. The molecule has 1 nitrogen and oxygen atoms in total. The van der Waals surface area contributed by atoms with Gasteiger partial charge in [-0.2, -0.15) is 0 Å². The summed E-state index contributed by atoms with van der Waals surface area (Å²) in [7, 11) is 0. The molecule has 1 N–H and O–H groups in total. The molecule has 0 aromatic carbocycles. The number of hydrogen-bond acceptors (Lipinski definition) is 1. The molecule has 1 aliphatic carbocycles. The molecule has 0 atom stereocenters. The third-order valence-electron chi connectivity index (χ3n) is 1.34. The Balaban J connectivity index is 2.55. The van der Waals surface area contributed by atoms with Crippen LogP contribution in [0.15, 0.2) is 23.8 Å². The molecule has 0 bridgehead atoms. The molecular weight excluding hydrogens is 124 g/mol. The summed E-state index contributed by atoms with van der Waals surface area (Å²) in [6.07, 6.45) is 8.20. The molecule has 0 fully saturated rings. The highest BCUT2D eigenvalue weighted by Gasteiger charge is 1.92. The molecule has 0 aromatic rings. The lowest BCUT2D eigenvalue weighted by Crippen LogP contribution is -1.83. The van der Waals surface area contributed by atoms with E-state index < -0.39 is 0 Å². The highest BCUT2D eigenvalue weighted by Crippen LogP contribution is 2.09.